The van der Waals surface area contributed by atoms with Crippen LogP contribution >= 0.6 is 34.5 Å². The first-order chi connectivity index (χ1) is 6.32. The monoisotopic (exact) mass is 263 g/mol. The highest BCUT2D eigenvalue weighted by molar-refractivity contribution is 7.15. The van der Waals surface area contributed by atoms with Gasteiger partial charge in [0.15, 0.2) is 0 Å². The van der Waals surface area contributed by atoms with Gasteiger partial charge in [-0.1, -0.05) is 23.2 Å². The lowest BCUT2D eigenvalue weighted by molar-refractivity contribution is -0.167. The Kier molecular flexibility index (Phi) is 3.28. The van der Waals surface area contributed by atoms with Gasteiger partial charge in [-0.05, 0) is 0 Å². The van der Waals surface area contributed by atoms with E-state index in [0.717, 1.165) is 11.3 Å². The van der Waals surface area contributed by atoms with Gasteiger partial charge in [0.1, 0.15) is 4.34 Å². The topological polar surface area (TPSA) is 29.1 Å². The minimum Gasteiger partial charge on any atom is -0.315 e. The molecule has 1 rings (SSSR count). The number of halogens is 5. The maximum absolute atomic E-state index is 11.8. The Labute approximate surface area is 90.6 Å². The molecule has 0 radical (unpaired) electrons. The van der Waals surface area contributed by atoms with E-state index in [9.17, 15) is 18.0 Å². The van der Waals surface area contributed by atoms with Crippen molar-refractivity contribution in [2.75, 3.05) is 5.32 Å². The van der Waals surface area contributed by atoms with E-state index >= 15 is 0 Å². The third-order valence-electron chi connectivity index (χ3n) is 1.20. The van der Waals surface area contributed by atoms with E-state index in [1.807, 2.05) is 0 Å². The van der Waals surface area contributed by atoms with Crippen LogP contribution in [0, 0.1) is 0 Å². The molecule has 1 aromatic rings. The largest absolute Gasteiger partial charge is 0.471 e. The molecule has 1 aromatic heterocycles. The van der Waals surface area contributed by atoms with Gasteiger partial charge in [0.05, 0.1) is 10.7 Å². The van der Waals surface area contributed by atoms with Crippen LogP contribution in [0.3, 0.4) is 0 Å². The molecule has 0 saturated carbocycles. The lowest BCUT2D eigenvalue weighted by Crippen LogP contribution is -2.29. The fraction of sp³-hybridized carbons (Fsp3) is 0.167. The van der Waals surface area contributed by atoms with Crippen LogP contribution in [-0.4, -0.2) is 12.1 Å². The van der Waals surface area contributed by atoms with E-state index in [1.54, 1.807) is 5.32 Å². The van der Waals surface area contributed by atoms with Crippen LogP contribution in [0.25, 0.3) is 0 Å². The summed E-state index contributed by atoms with van der Waals surface area (Å²) in [5, 5.41) is 2.89. The van der Waals surface area contributed by atoms with Gasteiger partial charge in [-0.3, -0.25) is 4.79 Å². The molecule has 1 N–H and O–H groups in total. The van der Waals surface area contributed by atoms with Gasteiger partial charge in [-0.2, -0.15) is 13.2 Å². The molecule has 14 heavy (non-hydrogen) atoms. The fourth-order valence-corrected chi connectivity index (χ4v) is 1.87. The van der Waals surface area contributed by atoms with Crippen molar-refractivity contribution in [2.45, 2.75) is 6.18 Å². The van der Waals surface area contributed by atoms with Gasteiger partial charge in [-0.25, -0.2) is 0 Å². The first kappa shape index (κ1) is 11.6. The zero-order valence-corrected chi connectivity index (χ0v) is 8.61. The van der Waals surface area contributed by atoms with E-state index in [4.69, 9.17) is 23.2 Å². The van der Waals surface area contributed by atoms with Crippen molar-refractivity contribution in [3.63, 3.8) is 0 Å². The molecule has 1 amide bonds. The Bertz CT molecular complexity index is 343. The highest BCUT2D eigenvalue weighted by atomic mass is 35.5. The first-order valence-electron chi connectivity index (χ1n) is 3.13. The number of thiophene rings is 1. The lowest BCUT2D eigenvalue weighted by Gasteiger charge is -2.06. The number of alkyl halides is 3. The van der Waals surface area contributed by atoms with Crippen LogP contribution in [0.2, 0.25) is 9.36 Å². The minimum atomic E-state index is -4.95. The second-order valence-corrected chi connectivity index (χ2v) is 4.07. The number of nitrogens with one attached hydrogen (secondary N) is 1. The van der Waals surface area contributed by atoms with Crippen molar-refractivity contribution in [3.8, 4) is 0 Å². The van der Waals surface area contributed by atoms with Crippen molar-refractivity contribution >= 4 is 46.1 Å². The fourth-order valence-electron chi connectivity index (χ4n) is 0.608. The van der Waals surface area contributed by atoms with Crippen LogP contribution in [0.1, 0.15) is 0 Å². The second-order valence-electron chi connectivity index (χ2n) is 2.18. The van der Waals surface area contributed by atoms with E-state index in [2.05, 4.69) is 0 Å². The Morgan fingerprint density at radius 2 is 2.00 bits per heavy atom. The molecule has 0 aliphatic carbocycles. The molecule has 0 aliphatic rings. The molecule has 0 aromatic carbocycles. The molecule has 0 saturated heterocycles. The Morgan fingerprint density at radius 3 is 2.36 bits per heavy atom. The van der Waals surface area contributed by atoms with E-state index < -0.39 is 12.1 Å². The molecule has 0 spiro atoms. The third kappa shape index (κ3) is 2.52. The van der Waals surface area contributed by atoms with Crippen LogP contribution in [0.5, 0.6) is 0 Å². The standard InChI is InChI=1S/C6H2Cl2F3NOS/c7-2-1-14-4(8)3(2)12-5(13)6(9,10)11/h1H,(H,12,13). The van der Waals surface area contributed by atoms with Gasteiger partial charge in [0.25, 0.3) is 0 Å². The zero-order valence-electron chi connectivity index (χ0n) is 6.28. The van der Waals surface area contributed by atoms with Gasteiger partial charge >= 0.3 is 12.1 Å². The lowest BCUT2D eigenvalue weighted by atomic mass is 10.5. The quantitative estimate of drug-likeness (QED) is 0.825. The summed E-state index contributed by atoms with van der Waals surface area (Å²) >= 11 is 11.9. The average Bonchev–Trinajstić information content (AvgIpc) is 2.34. The minimum absolute atomic E-state index is 0.00704. The summed E-state index contributed by atoms with van der Waals surface area (Å²) in [6.45, 7) is 0. The number of amides is 1. The van der Waals surface area contributed by atoms with Crippen molar-refractivity contribution in [2.24, 2.45) is 0 Å². The molecule has 8 heteroatoms. The van der Waals surface area contributed by atoms with Crippen molar-refractivity contribution < 1.29 is 18.0 Å². The number of hydrogen-bond acceptors (Lipinski definition) is 2. The zero-order chi connectivity index (χ0) is 10.9. The predicted octanol–water partition coefficient (Wildman–Crippen LogP) is 3.56. The Hall–Kier alpha value is -0.460. The van der Waals surface area contributed by atoms with Crippen molar-refractivity contribution in [3.05, 3.63) is 14.7 Å². The second kappa shape index (κ2) is 3.96. The SMILES string of the molecule is O=C(Nc1c(Cl)csc1Cl)C(F)(F)F. The van der Waals surface area contributed by atoms with Gasteiger partial charge in [-0.15, -0.1) is 11.3 Å². The summed E-state index contributed by atoms with van der Waals surface area (Å²) in [6.07, 6.45) is -4.95. The summed E-state index contributed by atoms with van der Waals surface area (Å²) in [5.74, 6) is -2.10. The van der Waals surface area contributed by atoms with Crippen LogP contribution in [-0.2, 0) is 4.79 Å². The molecule has 0 aliphatic heterocycles. The number of hydrogen-bond donors (Lipinski definition) is 1. The van der Waals surface area contributed by atoms with E-state index in [0.29, 0.717) is 0 Å². The highest BCUT2D eigenvalue weighted by Crippen LogP contribution is 2.37. The summed E-state index contributed by atoms with van der Waals surface area (Å²) in [7, 11) is 0. The van der Waals surface area contributed by atoms with Crippen LogP contribution in [0.4, 0.5) is 18.9 Å². The number of rotatable bonds is 1. The Balaban J connectivity index is 2.85. The normalized spacial score (nSPS) is 11.5. The summed E-state index contributed by atoms with van der Waals surface area (Å²) in [6, 6.07) is 0. The van der Waals surface area contributed by atoms with Gasteiger partial charge in [0, 0.05) is 5.38 Å². The van der Waals surface area contributed by atoms with E-state index in [-0.39, 0.29) is 15.0 Å². The maximum Gasteiger partial charge on any atom is 0.471 e. The number of carbonyl (C=O) groups excluding carboxylic acids is 1. The molecule has 0 atom stereocenters. The molecule has 2 nitrogen and oxygen atoms in total. The van der Waals surface area contributed by atoms with Crippen LogP contribution in [0.15, 0.2) is 5.38 Å². The first-order valence-corrected chi connectivity index (χ1v) is 4.76. The molecular formula is C6H2Cl2F3NOS. The number of anilines is 1. The Morgan fingerprint density at radius 1 is 1.43 bits per heavy atom. The average molecular weight is 264 g/mol. The highest BCUT2D eigenvalue weighted by Gasteiger charge is 2.39. The molecule has 78 valence electrons. The van der Waals surface area contributed by atoms with Gasteiger partial charge in [0.2, 0.25) is 0 Å². The van der Waals surface area contributed by atoms with Crippen molar-refractivity contribution in [1.29, 1.82) is 0 Å². The maximum atomic E-state index is 11.8. The van der Waals surface area contributed by atoms with E-state index in [1.165, 1.54) is 5.38 Å². The van der Waals surface area contributed by atoms with Crippen molar-refractivity contribution in [1.82, 2.24) is 0 Å². The molecule has 0 bridgehead atoms. The molecule has 0 unspecified atom stereocenters. The smallest absolute Gasteiger partial charge is 0.315 e. The summed E-state index contributed by atoms with van der Waals surface area (Å²) < 4.78 is 35.4. The predicted molar refractivity (Wildman–Crippen MR) is 49.0 cm³/mol. The summed E-state index contributed by atoms with van der Waals surface area (Å²) in [5.41, 5.74) is -0.208. The molecular weight excluding hydrogens is 262 g/mol. The summed E-state index contributed by atoms with van der Waals surface area (Å²) in [4.78, 5) is 10.5. The number of carbonyl (C=O) groups is 1. The molecule has 0 fully saturated rings. The van der Waals surface area contributed by atoms with Crippen LogP contribution < -0.4 is 5.32 Å². The third-order valence-corrected chi connectivity index (χ3v) is 2.85. The van der Waals surface area contributed by atoms with Gasteiger partial charge < -0.3 is 5.32 Å². The molecule has 1 heterocycles.